The van der Waals surface area contributed by atoms with Gasteiger partial charge >= 0.3 is 0 Å². The van der Waals surface area contributed by atoms with Gasteiger partial charge in [-0.1, -0.05) is 18.2 Å². The molecule has 0 radical (unpaired) electrons. The largest absolute Gasteiger partial charge is 0.496 e. The monoisotopic (exact) mass is 377 g/mol. The third kappa shape index (κ3) is 4.09. The highest BCUT2D eigenvalue weighted by molar-refractivity contribution is 5.74. The normalized spacial score (nSPS) is 16.1. The predicted octanol–water partition coefficient (Wildman–Crippen LogP) is 3.57. The fourth-order valence-corrected chi connectivity index (χ4v) is 4.28. The Morgan fingerprint density at radius 3 is 3.07 bits per heavy atom. The quantitative estimate of drug-likeness (QED) is 0.618. The Morgan fingerprint density at radius 1 is 1.25 bits per heavy atom. The highest BCUT2D eigenvalue weighted by atomic mass is 16.5. The zero-order valence-corrected chi connectivity index (χ0v) is 16.3. The first kappa shape index (κ1) is 18.7. The standard InChI is InChI=1S/C23H27N3O2/c1-28-22-7-3-5-18-17(4-2-6-19(18)22)11-13-24-12-10-16-8-9-20-21(14-16)25-15-23(27)26-20/h3,5,7-9,14-15,17,24H,2,4,6,10-13H2,1H3,(H,26,27). The van der Waals surface area contributed by atoms with Crippen molar-refractivity contribution in [2.24, 2.45) is 0 Å². The molecule has 0 fully saturated rings. The van der Waals surface area contributed by atoms with Crippen molar-refractivity contribution in [3.8, 4) is 5.75 Å². The molecule has 146 valence electrons. The van der Waals surface area contributed by atoms with E-state index >= 15 is 0 Å². The van der Waals surface area contributed by atoms with Gasteiger partial charge in [0.1, 0.15) is 5.75 Å². The second-order valence-corrected chi connectivity index (χ2v) is 7.50. The van der Waals surface area contributed by atoms with Crippen LogP contribution in [0.1, 0.15) is 41.9 Å². The number of benzene rings is 2. The summed E-state index contributed by atoms with van der Waals surface area (Å²) in [6.45, 7) is 1.95. The maximum Gasteiger partial charge on any atom is 0.266 e. The third-order valence-electron chi connectivity index (χ3n) is 5.71. The first-order valence-corrected chi connectivity index (χ1v) is 10.1. The molecule has 0 amide bonds. The van der Waals surface area contributed by atoms with Gasteiger partial charge in [0.2, 0.25) is 0 Å². The number of aromatic amines is 1. The molecular formula is C23H27N3O2. The SMILES string of the molecule is COc1cccc2c1CCCC2CCNCCc1ccc2[nH]c(=O)cnc2c1. The number of ether oxygens (including phenoxy) is 1. The summed E-state index contributed by atoms with van der Waals surface area (Å²) in [6, 6.07) is 12.5. The van der Waals surface area contributed by atoms with E-state index < -0.39 is 0 Å². The lowest BCUT2D eigenvalue weighted by atomic mass is 9.80. The Bertz CT molecular complexity index is 1010. The second-order valence-electron chi connectivity index (χ2n) is 7.50. The summed E-state index contributed by atoms with van der Waals surface area (Å²) in [4.78, 5) is 18.3. The molecule has 28 heavy (non-hydrogen) atoms. The molecule has 0 saturated heterocycles. The van der Waals surface area contributed by atoms with Gasteiger partial charge in [0.25, 0.3) is 5.56 Å². The van der Waals surface area contributed by atoms with E-state index in [1.54, 1.807) is 7.11 Å². The number of aromatic nitrogens is 2. The van der Waals surface area contributed by atoms with Crippen molar-refractivity contribution >= 4 is 11.0 Å². The lowest BCUT2D eigenvalue weighted by Gasteiger charge is -2.27. The van der Waals surface area contributed by atoms with E-state index in [1.807, 2.05) is 6.07 Å². The van der Waals surface area contributed by atoms with Gasteiger partial charge in [0, 0.05) is 0 Å². The number of nitrogens with one attached hydrogen (secondary N) is 2. The van der Waals surface area contributed by atoms with Crippen LogP contribution in [0.4, 0.5) is 0 Å². The van der Waals surface area contributed by atoms with E-state index in [0.29, 0.717) is 5.92 Å². The van der Waals surface area contributed by atoms with Gasteiger partial charge in [0.15, 0.2) is 0 Å². The number of H-pyrrole nitrogens is 1. The number of fused-ring (bicyclic) bond motifs is 2. The van der Waals surface area contributed by atoms with Crippen molar-refractivity contribution in [3.63, 3.8) is 0 Å². The van der Waals surface area contributed by atoms with Crippen molar-refractivity contribution in [1.29, 1.82) is 0 Å². The lowest BCUT2D eigenvalue weighted by Crippen LogP contribution is -2.22. The summed E-state index contributed by atoms with van der Waals surface area (Å²) in [5, 5.41) is 3.59. The molecule has 0 spiro atoms. The molecule has 3 aromatic rings. The van der Waals surface area contributed by atoms with Gasteiger partial charge < -0.3 is 15.0 Å². The molecule has 4 rings (SSSR count). The van der Waals surface area contributed by atoms with E-state index in [-0.39, 0.29) is 5.56 Å². The summed E-state index contributed by atoms with van der Waals surface area (Å²) in [5.74, 6) is 1.66. The van der Waals surface area contributed by atoms with Crippen LogP contribution in [0, 0.1) is 0 Å². The van der Waals surface area contributed by atoms with Gasteiger partial charge in [-0.05, 0) is 86.0 Å². The molecule has 1 aliphatic rings. The van der Waals surface area contributed by atoms with E-state index in [2.05, 4.69) is 45.6 Å². The number of methoxy groups -OCH3 is 1. The summed E-state index contributed by atoms with van der Waals surface area (Å²) in [7, 11) is 1.76. The molecule has 1 heterocycles. The minimum atomic E-state index is -0.163. The van der Waals surface area contributed by atoms with E-state index in [0.717, 1.165) is 49.1 Å². The molecule has 2 N–H and O–H groups in total. The molecule has 2 aromatic carbocycles. The smallest absolute Gasteiger partial charge is 0.266 e. The van der Waals surface area contributed by atoms with Gasteiger partial charge in [-0.3, -0.25) is 4.79 Å². The van der Waals surface area contributed by atoms with Crippen LogP contribution < -0.4 is 15.6 Å². The second kappa shape index (κ2) is 8.57. The van der Waals surface area contributed by atoms with Crippen molar-refractivity contribution in [2.45, 2.75) is 38.0 Å². The highest BCUT2D eigenvalue weighted by Crippen LogP contribution is 2.38. The lowest BCUT2D eigenvalue weighted by molar-refractivity contribution is 0.401. The predicted molar refractivity (Wildman–Crippen MR) is 112 cm³/mol. The first-order valence-electron chi connectivity index (χ1n) is 10.1. The molecule has 0 saturated carbocycles. The summed E-state index contributed by atoms with van der Waals surface area (Å²) in [5.41, 5.74) is 5.57. The van der Waals surface area contributed by atoms with Gasteiger partial charge in [-0.25, -0.2) is 4.98 Å². The number of hydrogen-bond acceptors (Lipinski definition) is 4. The summed E-state index contributed by atoms with van der Waals surface area (Å²) >= 11 is 0. The number of nitrogens with zero attached hydrogens (tertiary/aromatic N) is 1. The molecular weight excluding hydrogens is 350 g/mol. The highest BCUT2D eigenvalue weighted by Gasteiger charge is 2.22. The fraction of sp³-hybridized carbons (Fsp3) is 0.391. The molecule has 5 nitrogen and oxygen atoms in total. The average molecular weight is 377 g/mol. The van der Waals surface area contributed by atoms with Crippen LogP contribution in [-0.4, -0.2) is 30.2 Å². The molecule has 1 atom stereocenters. The minimum absolute atomic E-state index is 0.163. The summed E-state index contributed by atoms with van der Waals surface area (Å²) < 4.78 is 5.55. The van der Waals surface area contributed by atoms with Crippen LogP contribution >= 0.6 is 0 Å². The first-order chi connectivity index (χ1) is 13.7. The van der Waals surface area contributed by atoms with Gasteiger partial charge in [-0.2, -0.15) is 0 Å². The summed E-state index contributed by atoms with van der Waals surface area (Å²) in [6.07, 6.45) is 7.07. The van der Waals surface area contributed by atoms with Gasteiger partial charge in [0.05, 0.1) is 24.3 Å². The van der Waals surface area contributed by atoms with Crippen molar-refractivity contribution in [3.05, 3.63) is 69.6 Å². The Balaban J connectivity index is 1.29. The molecule has 1 aromatic heterocycles. The molecule has 5 heteroatoms. The minimum Gasteiger partial charge on any atom is -0.496 e. The fourth-order valence-electron chi connectivity index (χ4n) is 4.28. The van der Waals surface area contributed by atoms with Crippen molar-refractivity contribution < 1.29 is 4.74 Å². The Labute approximate surface area is 165 Å². The number of rotatable bonds is 7. The van der Waals surface area contributed by atoms with Crippen molar-refractivity contribution in [2.75, 3.05) is 20.2 Å². The van der Waals surface area contributed by atoms with Crippen LogP contribution in [0.2, 0.25) is 0 Å². The van der Waals surface area contributed by atoms with E-state index in [4.69, 9.17) is 4.74 Å². The molecule has 0 bridgehead atoms. The average Bonchev–Trinajstić information content (AvgIpc) is 2.73. The van der Waals surface area contributed by atoms with Crippen LogP contribution in [0.3, 0.4) is 0 Å². The Kier molecular flexibility index (Phi) is 5.72. The van der Waals surface area contributed by atoms with Crippen LogP contribution in [0.5, 0.6) is 5.75 Å². The van der Waals surface area contributed by atoms with Gasteiger partial charge in [-0.15, -0.1) is 0 Å². The van der Waals surface area contributed by atoms with Crippen molar-refractivity contribution in [1.82, 2.24) is 15.3 Å². The molecule has 1 aliphatic carbocycles. The van der Waals surface area contributed by atoms with E-state index in [9.17, 15) is 4.79 Å². The molecule has 1 unspecified atom stereocenters. The Hall–Kier alpha value is -2.66. The topological polar surface area (TPSA) is 67.0 Å². The van der Waals surface area contributed by atoms with Crippen LogP contribution in [-0.2, 0) is 12.8 Å². The zero-order valence-electron chi connectivity index (χ0n) is 16.3. The maximum atomic E-state index is 11.3. The van der Waals surface area contributed by atoms with E-state index in [1.165, 1.54) is 35.7 Å². The third-order valence-corrected chi connectivity index (χ3v) is 5.71. The zero-order chi connectivity index (χ0) is 19.3. The van der Waals surface area contributed by atoms with Crippen LogP contribution in [0.15, 0.2) is 47.4 Å². The maximum absolute atomic E-state index is 11.3. The van der Waals surface area contributed by atoms with Crippen LogP contribution in [0.25, 0.3) is 11.0 Å². The number of hydrogen-bond donors (Lipinski definition) is 2. The Morgan fingerprint density at radius 2 is 2.18 bits per heavy atom. The molecule has 0 aliphatic heterocycles.